The van der Waals surface area contributed by atoms with Crippen molar-refractivity contribution in [2.24, 2.45) is 0 Å². The van der Waals surface area contributed by atoms with Gasteiger partial charge in [0.1, 0.15) is 0 Å². The van der Waals surface area contributed by atoms with Gasteiger partial charge in [-0.05, 0) is 33.2 Å². The van der Waals surface area contributed by atoms with Crippen LogP contribution in [-0.4, -0.2) is 34.7 Å². The van der Waals surface area contributed by atoms with Gasteiger partial charge in [0, 0.05) is 12.1 Å². The number of hydrogen-bond acceptors (Lipinski definition) is 2. The van der Waals surface area contributed by atoms with Gasteiger partial charge < -0.3 is 5.11 Å². The van der Waals surface area contributed by atoms with Gasteiger partial charge in [0.05, 0.1) is 6.10 Å². The zero-order valence-corrected chi connectivity index (χ0v) is 9.21. The van der Waals surface area contributed by atoms with Gasteiger partial charge in [-0.25, -0.2) is 0 Å². The smallest absolute Gasteiger partial charge is 0.0684 e. The largest absolute Gasteiger partial charge is 0.392 e. The molecule has 1 heterocycles. The zero-order chi connectivity index (χ0) is 9.90. The van der Waals surface area contributed by atoms with Crippen LogP contribution in [0, 0.1) is 0 Å². The number of rotatable bonds is 4. The van der Waals surface area contributed by atoms with Gasteiger partial charge in [-0.3, -0.25) is 4.90 Å². The van der Waals surface area contributed by atoms with Crippen LogP contribution >= 0.6 is 0 Å². The second kappa shape index (κ2) is 4.43. The van der Waals surface area contributed by atoms with E-state index in [0.717, 1.165) is 19.5 Å². The van der Waals surface area contributed by atoms with E-state index in [4.69, 9.17) is 0 Å². The monoisotopic (exact) mass is 185 g/mol. The first-order valence-corrected chi connectivity index (χ1v) is 5.49. The number of aliphatic hydroxyl groups excluding tert-OH is 1. The SMILES string of the molecule is CCCCCN1CC(O)CC1(C)C. The summed E-state index contributed by atoms with van der Waals surface area (Å²) in [5.41, 5.74) is 0.215. The van der Waals surface area contributed by atoms with Gasteiger partial charge in [-0.2, -0.15) is 0 Å². The summed E-state index contributed by atoms with van der Waals surface area (Å²) in [7, 11) is 0. The summed E-state index contributed by atoms with van der Waals surface area (Å²) in [5, 5.41) is 9.55. The summed E-state index contributed by atoms with van der Waals surface area (Å²) in [6.45, 7) is 8.71. The van der Waals surface area contributed by atoms with E-state index >= 15 is 0 Å². The van der Waals surface area contributed by atoms with Crippen molar-refractivity contribution in [2.75, 3.05) is 13.1 Å². The topological polar surface area (TPSA) is 23.5 Å². The van der Waals surface area contributed by atoms with Gasteiger partial charge in [0.25, 0.3) is 0 Å². The summed E-state index contributed by atoms with van der Waals surface area (Å²) in [6.07, 6.45) is 4.68. The Bertz CT molecular complexity index is 156. The van der Waals surface area contributed by atoms with Crippen molar-refractivity contribution in [3.8, 4) is 0 Å². The molecule has 1 N–H and O–H groups in total. The predicted octanol–water partition coefficient (Wildman–Crippen LogP) is 2.02. The fourth-order valence-electron chi connectivity index (χ4n) is 2.22. The van der Waals surface area contributed by atoms with E-state index in [1.54, 1.807) is 0 Å². The van der Waals surface area contributed by atoms with Crippen LogP contribution in [0.3, 0.4) is 0 Å². The number of nitrogens with zero attached hydrogens (tertiary/aromatic N) is 1. The van der Waals surface area contributed by atoms with Crippen molar-refractivity contribution in [3.05, 3.63) is 0 Å². The Labute approximate surface area is 81.9 Å². The summed E-state index contributed by atoms with van der Waals surface area (Å²) in [4.78, 5) is 2.42. The first-order valence-electron chi connectivity index (χ1n) is 5.49. The molecular formula is C11H23NO. The second-order valence-corrected chi connectivity index (χ2v) is 4.82. The molecule has 1 aliphatic rings. The average Bonchev–Trinajstić information content (AvgIpc) is 2.25. The molecule has 0 aliphatic carbocycles. The van der Waals surface area contributed by atoms with Crippen LogP contribution in [0.15, 0.2) is 0 Å². The van der Waals surface area contributed by atoms with Gasteiger partial charge in [0.2, 0.25) is 0 Å². The summed E-state index contributed by atoms with van der Waals surface area (Å²) in [6, 6.07) is 0. The molecule has 0 saturated carbocycles. The van der Waals surface area contributed by atoms with E-state index in [9.17, 15) is 5.11 Å². The van der Waals surface area contributed by atoms with Gasteiger partial charge >= 0.3 is 0 Å². The molecule has 0 spiro atoms. The molecule has 2 nitrogen and oxygen atoms in total. The molecule has 1 unspecified atom stereocenters. The lowest BCUT2D eigenvalue weighted by molar-refractivity contribution is 0.161. The molecular weight excluding hydrogens is 162 g/mol. The Balaban J connectivity index is 2.32. The number of β-amino-alcohol motifs (C(OH)–C–C–N with tert-alkyl or cyclic N) is 1. The summed E-state index contributed by atoms with van der Waals surface area (Å²) >= 11 is 0. The van der Waals surface area contributed by atoms with E-state index in [1.807, 2.05) is 0 Å². The molecule has 0 bridgehead atoms. The van der Waals surface area contributed by atoms with Crippen LogP contribution in [0.4, 0.5) is 0 Å². The summed E-state index contributed by atoms with van der Waals surface area (Å²) in [5.74, 6) is 0. The minimum atomic E-state index is -0.100. The Kier molecular flexibility index (Phi) is 3.74. The number of likely N-dealkylation sites (tertiary alicyclic amines) is 1. The third-order valence-corrected chi connectivity index (χ3v) is 3.05. The highest BCUT2D eigenvalue weighted by Gasteiger charge is 2.36. The lowest BCUT2D eigenvalue weighted by Crippen LogP contribution is -2.38. The number of hydrogen-bond donors (Lipinski definition) is 1. The third-order valence-electron chi connectivity index (χ3n) is 3.05. The number of unbranched alkanes of at least 4 members (excludes halogenated alkanes) is 2. The average molecular weight is 185 g/mol. The van der Waals surface area contributed by atoms with Crippen LogP contribution in [0.25, 0.3) is 0 Å². The van der Waals surface area contributed by atoms with Crippen LogP contribution < -0.4 is 0 Å². The Morgan fingerprint density at radius 1 is 1.38 bits per heavy atom. The highest BCUT2D eigenvalue weighted by molar-refractivity contribution is 4.92. The molecule has 1 saturated heterocycles. The molecule has 13 heavy (non-hydrogen) atoms. The van der Waals surface area contributed by atoms with Gasteiger partial charge in [-0.1, -0.05) is 19.8 Å². The molecule has 1 rings (SSSR count). The van der Waals surface area contributed by atoms with Crippen molar-refractivity contribution < 1.29 is 5.11 Å². The predicted molar refractivity (Wildman–Crippen MR) is 55.8 cm³/mol. The number of aliphatic hydroxyl groups is 1. The Morgan fingerprint density at radius 2 is 2.08 bits per heavy atom. The third kappa shape index (κ3) is 2.96. The minimum absolute atomic E-state index is 0.100. The maximum absolute atomic E-state index is 9.55. The minimum Gasteiger partial charge on any atom is -0.392 e. The maximum atomic E-state index is 9.55. The van der Waals surface area contributed by atoms with Crippen LogP contribution in [0.5, 0.6) is 0 Å². The quantitative estimate of drug-likeness (QED) is 0.677. The zero-order valence-electron chi connectivity index (χ0n) is 9.21. The van der Waals surface area contributed by atoms with Crippen LogP contribution in [0.1, 0.15) is 46.5 Å². The lowest BCUT2D eigenvalue weighted by Gasteiger charge is -2.30. The van der Waals surface area contributed by atoms with Crippen molar-refractivity contribution >= 4 is 0 Å². The highest BCUT2D eigenvalue weighted by Crippen LogP contribution is 2.28. The van der Waals surface area contributed by atoms with E-state index in [0.29, 0.717) is 0 Å². The lowest BCUT2D eigenvalue weighted by atomic mass is 10.0. The molecule has 0 amide bonds. The molecule has 78 valence electrons. The molecule has 0 aromatic carbocycles. The summed E-state index contributed by atoms with van der Waals surface area (Å²) < 4.78 is 0. The van der Waals surface area contributed by atoms with E-state index in [2.05, 4.69) is 25.7 Å². The Hall–Kier alpha value is -0.0800. The van der Waals surface area contributed by atoms with Crippen LogP contribution in [0.2, 0.25) is 0 Å². The first-order chi connectivity index (χ1) is 6.06. The van der Waals surface area contributed by atoms with E-state index in [1.165, 1.54) is 19.3 Å². The van der Waals surface area contributed by atoms with Crippen LogP contribution in [-0.2, 0) is 0 Å². The fourth-order valence-corrected chi connectivity index (χ4v) is 2.22. The Morgan fingerprint density at radius 3 is 2.54 bits per heavy atom. The van der Waals surface area contributed by atoms with E-state index in [-0.39, 0.29) is 11.6 Å². The first kappa shape index (κ1) is 11.0. The highest BCUT2D eigenvalue weighted by atomic mass is 16.3. The molecule has 2 heteroatoms. The molecule has 1 fully saturated rings. The fraction of sp³-hybridized carbons (Fsp3) is 1.00. The van der Waals surface area contributed by atoms with Crippen molar-refractivity contribution in [3.63, 3.8) is 0 Å². The molecule has 1 aliphatic heterocycles. The second-order valence-electron chi connectivity index (χ2n) is 4.82. The van der Waals surface area contributed by atoms with Crippen molar-refractivity contribution in [2.45, 2.75) is 58.1 Å². The van der Waals surface area contributed by atoms with Crippen molar-refractivity contribution in [1.82, 2.24) is 4.90 Å². The molecule has 0 radical (unpaired) electrons. The van der Waals surface area contributed by atoms with Gasteiger partial charge in [0.15, 0.2) is 0 Å². The standard InChI is InChI=1S/C11H23NO/c1-4-5-6-7-12-9-10(13)8-11(12,2)3/h10,13H,4-9H2,1-3H3. The van der Waals surface area contributed by atoms with Crippen molar-refractivity contribution in [1.29, 1.82) is 0 Å². The maximum Gasteiger partial charge on any atom is 0.0684 e. The van der Waals surface area contributed by atoms with Gasteiger partial charge in [-0.15, -0.1) is 0 Å². The normalized spacial score (nSPS) is 28.2. The van der Waals surface area contributed by atoms with E-state index < -0.39 is 0 Å². The molecule has 1 atom stereocenters. The molecule has 0 aromatic heterocycles. The molecule has 0 aromatic rings.